The largest absolute Gasteiger partial charge is 0.491 e. The predicted molar refractivity (Wildman–Crippen MR) is 142 cm³/mol. The van der Waals surface area contributed by atoms with Gasteiger partial charge in [-0.1, -0.05) is 67.9 Å². The molecule has 0 aliphatic rings. The molecule has 0 N–H and O–H groups in total. The Morgan fingerprint density at radius 2 is 1.03 bits per heavy atom. The van der Waals surface area contributed by atoms with E-state index in [-0.39, 0.29) is 17.3 Å². The van der Waals surface area contributed by atoms with Gasteiger partial charge in [0.2, 0.25) is 0 Å². The highest BCUT2D eigenvalue weighted by Crippen LogP contribution is 2.34. The van der Waals surface area contributed by atoms with Crippen LogP contribution in [-0.2, 0) is 5.41 Å². The van der Waals surface area contributed by atoms with Gasteiger partial charge in [0.1, 0.15) is 17.2 Å². The van der Waals surface area contributed by atoms with Crippen molar-refractivity contribution in [1.82, 2.24) is 0 Å². The van der Waals surface area contributed by atoms with Crippen molar-refractivity contribution in [1.29, 1.82) is 0 Å². The first-order valence-electron chi connectivity index (χ1n) is 12.0. The van der Waals surface area contributed by atoms with E-state index in [1.165, 1.54) is 11.1 Å². The molecule has 0 unspecified atom stereocenters. The first kappa shape index (κ1) is 24.3. The zero-order valence-corrected chi connectivity index (χ0v) is 21.0. The van der Waals surface area contributed by atoms with E-state index in [2.05, 4.69) is 38.1 Å². The van der Waals surface area contributed by atoms with Crippen LogP contribution in [0.1, 0.15) is 60.3 Å². The molecular formula is C32H32O3. The van der Waals surface area contributed by atoms with Gasteiger partial charge in [-0.05, 0) is 80.4 Å². The highest BCUT2D eigenvalue weighted by atomic mass is 16.5. The second kappa shape index (κ2) is 10.2. The van der Waals surface area contributed by atoms with Gasteiger partial charge in [0.05, 0.1) is 6.10 Å². The van der Waals surface area contributed by atoms with Gasteiger partial charge in [-0.3, -0.25) is 4.79 Å². The lowest BCUT2D eigenvalue weighted by atomic mass is 9.78. The molecule has 0 aromatic heterocycles. The normalized spacial score (nSPS) is 11.4. The molecule has 0 amide bonds. The third-order valence-corrected chi connectivity index (χ3v) is 6.19. The molecule has 35 heavy (non-hydrogen) atoms. The Labute approximate surface area is 208 Å². The Morgan fingerprint density at radius 3 is 1.49 bits per heavy atom. The van der Waals surface area contributed by atoms with Gasteiger partial charge in [0.25, 0.3) is 0 Å². The minimum absolute atomic E-state index is 0.00642. The molecule has 0 saturated heterocycles. The number of ether oxygens (including phenoxy) is 2. The monoisotopic (exact) mass is 464 g/mol. The second-order valence-electron chi connectivity index (χ2n) is 9.66. The lowest BCUT2D eigenvalue weighted by molar-refractivity contribution is 0.103. The summed E-state index contributed by atoms with van der Waals surface area (Å²) < 4.78 is 11.8. The number of carbonyl (C=O) groups is 1. The number of rotatable bonds is 8. The van der Waals surface area contributed by atoms with E-state index in [1.807, 2.05) is 93.6 Å². The Bertz CT molecular complexity index is 1260. The zero-order valence-electron chi connectivity index (χ0n) is 21.0. The van der Waals surface area contributed by atoms with E-state index in [9.17, 15) is 4.79 Å². The third-order valence-electron chi connectivity index (χ3n) is 6.19. The predicted octanol–water partition coefficient (Wildman–Crippen LogP) is 8.13. The molecular weight excluding hydrogens is 432 g/mol. The number of carbonyl (C=O) groups excluding carboxylic acids is 1. The molecule has 4 aromatic rings. The van der Waals surface area contributed by atoms with Crippen LogP contribution in [0.5, 0.6) is 17.2 Å². The smallest absolute Gasteiger partial charge is 0.193 e. The summed E-state index contributed by atoms with van der Waals surface area (Å²) in [6, 6.07) is 31.4. The van der Waals surface area contributed by atoms with Crippen LogP contribution in [0.15, 0.2) is 97.1 Å². The summed E-state index contributed by atoms with van der Waals surface area (Å²) in [5.74, 6) is 2.34. The summed E-state index contributed by atoms with van der Waals surface area (Å²) in [4.78, 5) is 12.7. The lowest BCUT2D eigenvalue weighted by Crippen LogP contribution is -2.18. The van der Waals surface area contributed by atoms with Crippen LogP contribution in [0.25, 0.3) is 0 Å². The number of aryl methyl sites for hydroxylation is 1. The maximum absolute atomic E-state index is 12.7. The Morgan fingerprint density at radius 1 is 0.629 bits per heavy atom. The molecule has 4 aromatic carbocycles. The van der Waals surface area contributed by atoms with Gasteiger partial charge in [0, 0.05) is 16.5 Å². The Balaban J connectivity index is 1.43. The summed E-state index contributed by atoms with van der Waals surface area (Å²) in [6.07, 6.45) is 0.159. The molecule has 178 valence electrons. The first-order valence-corrected chi connectivity index (χ1v) is 12.0. The summed E-state index contributed by atoms with van der Waals surface area (Å²) in [5, 5.41) is 0. The first-order chi connectivity index (χ1) is 16.7. The van der Waals surface area contributed by atoms with Crippen molar-refractivity contribution in [3.05, 3.63) is 125 Å². The molecule has 0 fully saturated rings. The third kappa shape index (κ3) is 5.81. The standard InChI is InChI=1S/C32H32O3/c1-22(2)34-28-18-12-26(13-19-28)32(4,5)27-14-20-30(21-15-27)35-29-16-10-25(11-17-29)31(33)24-8-6-23(3)7-9-24/h6-22H,1-5H3. The van der Waals surface area contributed by atoms with Crippen molar-refractivity contribution < 1.29 is 14.3 Å². The van der Waals surface area contributed by atoms with E-state index < -0.39 is 0 Å². The summed E-state index contributed by atoms with van der Waals surface area (Å²) >= 11 is 0. The van der Waals surface area contributed by atoms with E-state index in [4.69, 9.17) is 9.47 Å². The molecule has 0 aliphatic heterocycles. The average Bonchev–Trinajstić information content (AvgIpc) is 2.85. The second-order valence-corrected chi connectivity index (χ2v) is 9.66. The molecule has 0 saturated carbocycles. The Hall–Kier alpha value is -3.85. The number of benzene rings is 4. The fourth-order valence-electron chi connectivity index (χ4n) is 4.01. The van der Waals surface area contributed by atoms with Gasteiger partial charge >= 0.3 is 0 Å². The van der Waals surface area contributed by atoms with Crippen molar-refractivity contribution >= 4 is 5.78 Å². The van der Waals surface area contributed by atoms with Crippen molar-refractivity contribution in [3.63, 3.8) is 0 Å². The summed E-state index contributed by atoms with van der Waals surface area (Å²) in [5.41, 5.74) is 4.71. The molecule has 0 atom stereocenters. The topological polar surface area (TPSA) is 35.5 Å². The number of hydrogen-bond donors (Lipinski definition) is 0. The van der Waals surface area contributed by atoms with Crippen molar-refractivity contribution in [2.45, 2.75) is 46.1 Å². The van der Waals surface area contributed by atoms with Gasteiger partial charge in [-0.2, -0.15) is 0 Å². The fourth-order valence-corrected chi connectivity index (χ4v) is 4.01. The van der Waals surface area contributed by atoms with Crippen LogP contribution < -0.4 is 9.47 Å². The van der Waals surface area contributed by atoms with Gasteiger partial charge in [-0.25, -0.2) is 0 Å². The van der Waals surface area contributed by atoms with E-state index >= 15 is 0 Å². The average molecular weight is 465 g/mol. The summed E-state index contributed by atoms with van der Waals surface area (Å²) in [7, 11) is 0. The molecule has 0 radical (unpaired) electrons. The van der Waals surface area contributed by atoms with Crippen molar-refractivity contribution in [2.24, 2.45) is 0 Å². The van der Waals surface area contributed by atoms with E-state index in [0.29, 0.717) is 16.9 Å². The quantitative estimate of drug-likeness (QED) is 0.247. The van der Waals surface area contributed by atoms with Gasteiger partial charge in [-0.15, -0.1) is 0 Å². The SMILES string of the molecule is Cc1ccc(C(=O)c2ccc(Oc3ccc(C(C)(C)c4ccc(OC(C)C)cc4)cc3)cc2)cc1. The molecule has 0 heterocycles. The Kier molecular flexibility index (Phi) is 7.07. The van der Waals surface area contributed by atoms with Crippen molar-refractivity contribution in [3.8, 4) is 17.2 Å². The maximum Gasteiger partial charge on any atom is 0.193 e. The molecule has 3 heteroatoms. The van der Waals surface area contributed by atoms with Crippen LogP contribution in [0.2, 0.25) is 0 Å². The van der Waals surface area contributed by atoms with Gasteiger partial charge < -0.3 is 9.47 Å². The minimum atomic E-state index is -0.160. The van der Waals surface area contributed by atoms with Crippen LogP contribution in [0.4, 0.5) is 0 Å². The molecule has 4 rings (SSSR count). The van der Waals surface area contributed by atoms with Gasteiger partial charge in [0.15, 0.2) is 5.78 Å². The van der Waals surface area contributed by atoms with Crippen LogP contribution >= 0.6 is 0 Å². The van der Waals surface area contributed by atoms with Crippen LogP contribution in [0.3, 0.4) is 0 Å². The molecule has 0 aliphatic carbocycles. The maximum atomic E-state index is 12.7. The van der Waals surface area contributed by atoms with E-state index in [1.54, 1.807) is 0 Å². The molecule has 0 bridgehead atoms. The number of ketones is 1. The fraction of sp³-hybridized carbons (Fsp3) is 0.219. The lowest BCUT2D eigenvalue weighted by Gasteiger charge is -2.26. The molecule has 0 spiro atoms. The number of hydrogen-bond acceptors (Lipinski definition) is 3. The van der Waals surface area contributed by atoms with Crippen LogP contribution in [-0.4, -0.2) is 11.9 Å². The van der Waals surface area contributed by atoms with Crippen LogP contribution in [0, 0.1) is 6.92 Å². The minimum Gasteiger partial charge on any atom is -0.491 e. The zero-order chi connectivity index (χ0) is 25.0. The highest BCUT2D eigenvalue weighted by Gasteiger charge is 2.23. The molecule has 3 nitrogen and oxygen atoms in total. The highest BCUT2D eigenvalue weighted by molar-refractivity contribution is 6.09. The summed E-state index contributed by atoms with van der Waals surface area (Å²) in [6.45, 7) is 10.5. The van der Waals surface area contributed by atoms with Crippen molar-refractivity contribution in [2.75, 3.05) is 0 Å². The van der Waals surface area contributed by atoms with E-state index in [0.717, 1.165) is 17.1 Å².